The Kier molecular flexibility index (Phi) is 3.93. The number of benzene rings is 1. The van der Waals surface area contributed by atoms with Crippen molar-refractivity contribution in [3.8, 4) is 0 Å². The Hall–Kier alpha value is -2.10. The predicted octanol–water partition coefficient (Wildman–Crippen LogP) is 2.91. The van der Waals surface area contributed by atoms with Crippen molar-refractivity contribution >= 4 is 16.9 Å². The maximum atomic E-state index is 12.5. The summed E-state index contributed by atoms with van der Waals surface area (Å²) in [6.07, 6.45) is 2.01. The van der Waals surface area contributed by atoms with Crippen LogP contribution in [0.15, 0.2) is 16.9 Å². The van der Waals surface area contributed by atoms with Gasteiger partial charge < -0.3 is 10.1 Å². The molecule has 0 radical (unpaired) electrons. The Balaban J connectivity index is 2.96. The molecule has 0 amide bonds. The van der Waals surface area contributed by atoms with Gasteiger partial charge in [0.05, 0.1) is 5.52 Å². The first-order chi connectivity index (χ1) is 9.53. The van der Waals surface area contributed by atoms with Gasteiger partial charge in [-0.15, -0.1) is 0 Å². The quantitative estimate of drug-likeness (QED) is 0.899. The maximum absolute atomic E-state index is 12.5. The average Bonchev–Trinajstić information content (AvgIpc) is 2.45. The van der Waals surface area contributed by atoms with Crippen LogP contribution in [0.4, 0.5) is 0 Å². The molecule has 1 heterocycles. The van der Waals surface area contributed by atoms with Crippen LogP contribution in [0.5, 0.6) is 0 Å². The van der Waals surface area contributed by atoms with Gasteiger partial charge in [-0.3, -0.25) is 4.79 Å². The molecule has 0 atom stereocenters. The number of nitrogens with one attached hydrogen (secondary N) is 1. The maximum Gasteiger partial charge on any atom is 0.352 e. The molecule has 106 valence electrons. The molecule has 2 N–H and O–H groups in total. The Labute approximate surface area is 117 Å². The van der Waals surface area contributed by atoms with E-state index in [9.17, 15) is 14.7 Å². The zero-order valence-electron chi connectivity index (χ0n) is 12.0. The Morgan fingerprint density at radius 3 is 2.35 bits per heavy atom. The SMILES string of the molecule is CCc1cc(CC)c2[nH]c(C(=O)O)c(CC)c(=O)c2c1. The smallest absolute Gasteiger partial charge is 0.352 e. The number of pyridine rings is 1. The van der Waals surface area contributed by atoms with Crippen molar-refractivity contribution in [2.45, 2.75) is 40.0 Å². The summed E-state index contributed by atoms with van der Waals surface area (Å²) in [7, 11) is 0. The van der Waals surface area contributed by atoms with E-state index >= 15 is 0 Å². The average molecular weight is 273 g/mol. The molecule has 0 aliphatic heterocycles. The molecule has 1 aromatic heterocycles. The van der Waals surface area contributed by atoms with Crippen molar-refractivity contribution in [2.75, 3.05) is 0 Å². The number of aromatic nitrogens is 1. The first-order valence-corrected chi connectivity index (χ1v) is 6.97. The lowest BCUT2D eigenvalue weighted by Crippen LogP contribution is -2.18. The number of aromatic amines is 1. The van der Waals surface area contributed by atoms with Gasteiger partial charge >= 0.3 is 5.97 Å². The van der Waals surface area contributed by atoms with E-state index in [0.717, 1.165) is 24.0 Å². The molecule has 0 aliphatic rings. The summed E-state index contributed by atoms with van der Waals surface area (Å²) in [5.74, 6) is -1.08. The van der Waals surface area contributed by atoms with Gasteiger partial charge in [-0.2, -0.15) is 0 Å². The molecular weight excluding hydrogens is 254 g/mol. The zero-order chi connectivity index (χ0) is 14.9. The molecule has 0 aliphatic carbocycles. The number of rotatable bonds is 4. The van der Waals surface area contributed by atoms with Crippen molar-refractivity contribution < 1.29 is 9.90 Å². The van der Waals surface area contributed by atoms with Crippen LogP contribution >= 0.6 is 0 Å². The first kappa shape index (κ1) is 14.3. The van der Waals surface area contributed by atoms with E-state index in [1.54, 1.807) is 6.92 Å². The topological polar surface area (TPSA) is 70.2 Å². The van der Waals surface area contributed by atoms with Gasteiger partial charge in [0, 0.05) is 10.9 Å². The van der Waals surface area contributed by atoms with Crippen LogP contribution in [0.1, 0.15) is 48.0 Å². The van der Waals surface area contributed by atoms with E-state index in [0.29, 0.717) is 22.9 Å². The number of fused-ring (bicyclic) bond motifs is 1. The Morgan fingerprint density at radius 1 is 1.15 bits per heavy atom. The van der Waals surface area contributed by atoms with Crippen LogP contribution in [0.25, 0.3) is 10.9 Å². The van der Waals surface area contributed by atoms with Crippen molar-refractivity contribution in [3.63, 3.8) is 0 Å². The second-order valence-electron chi connectivity index (χ2n) is 4.85. The number of aryl methyl sites for hydroxylation is 2. The Morgan fingerprint density at radius 2 is 1.85 bits per heavy atom. The Bertz CT molecular complexity index is 729. The fourth-order valence-electron chi connectivity index (χ4n) is 2.57. The van der Waals surface area contributed by atoms with E-state index in [4.69, 9.17) is 0 Å². The highest BCUT2D eigenvalue weighted by molar-refractivity contribution is 5.92. The fraction of sp³-hybridized carbons (Fsp3) is 0.375. The largest absolute Gasteiger partial charge is 0.477 e. The zero-order valence-corrected chi connectivity index (χ0v) is 12.0. The lowest BCUT2D eigenvalue weighted by molar-refractivity contribution is 0.0689. The van der Waals surface area contributed by atoms with Gasteiger partial charge in [0.15, 0.2) is 5.43 Å². The third kappa shape index (κ3) is 2.22. The number of carboxylic acid groups (broad SMARTS) is 1. The van der Waals surface area contributed by atoms with Crippen molar-refractivity contribution in [1.82, 2.24) is 4.98 Å². The number of hydrogen-bond acceptors (Lipinski definition) is 2. The van der Waals surface area contributed by atoms with Crippen LogP contribution in [0.3, 0.4) is 0 Å². The number of hydrogen-bond donors (Lipinski definition) is 2. The number of carbonyl (C=O) groups is 1. The molecule has 20 heavy (non-hydrogen) atoms. The van der Waals surface area contributed by atoms with Gasteiger partial charge in [0.1, 0.15) is 5.69 Å². The van der Waals surface area contributed by atoms with Gasteiger partial charge in [-0.25, -0.2) is 4.79 Å². The van der Waals surface area contributed by atoms with E-state index < -0.39 is 5.97 Å². The summed E-state index contributed by atoms with van der Waals surface area (Å²) in [5, 5.41) is 9.87. The minimum absolute atomic E-state index is 0.0175. The van der Waals surface area contributed by atoms with E-state index in [2.05, 4.69) is 4.98 Å². The molecule has 1 aromatic carbocycles. The molecule has 0 unspecified atom stereocenters. The van der Waals surface area contributed by atoms with Gasteiger partial charge in [0.25, 0.3) is 0 Å². The van der Waals surface area contributed by atoms with Crippen LogP contribution in [0.2, 0.25) is 0 Å². The van der Waals surface area contributed by atoms with Crippen LogP contribution in [-0.2, 0) is 19.3 Å². The standard InChI is InChI=1S/C16H19NO3/c1-4-9-7-10(5-2)13-12(8-9)15(18)11(6-3)14(17-13)16(19)20/h7-8H,4-6H2,1-3H3,(H,17,18)(H,19,20). The van der Waals surface area contributed by atoms with E-state index in [1.165, 1.54) is 0 Å². The first-order valence-electron chi connectivity index (χ1n) is 6.97. The number of H-pyrrole nitrogens is 1. The van der Waals surface area contributed by atoms with Gasteiger partial charge in [0.2, 0.25) is 0 Å². The molecule has 0 fully saturated rings. The van der Waals surface area contributed by atoms with E-state index in [1.807, 2.05) is 26.0 Å². The van der Waals surface area contributed by atoms with Crippen LogP contribution in [0, 0.1) is 0 Å². The lowest BCUT2D eigenvalue weighted by Gasteiger charge is -2.11. The predicted molar refractivity (Wildman–Crippen MR) is 79.7 cm³/mol. The molecule has 0 spiro atoms. The molecule has 2 rings (SSSR count). The summed E-state index contributed by atoms with van der Waals surface area (Å²) in [5.41, 5.74) is 2.95. The third-order valence-electron chi connectivity index (χ3n) is 3.71. The highest BCUT2D eigenvalue weighted by Crippen LogP contribution is 2.20. The second kappa shape index (κ2) is 5.49. The summed E-state index contributed by atoms with van der Waals surface area (Å²) in [4.78, 5) is 26.8. The normalized spacial score (nSPS) is 10.9. The lowest BCUT2D eigenvalue weighted by atomic mass is 9.98. The second-order valence-corrected chi connectivity index (χ2v) is 4.85. The summed E-state index contributed by atoms with van der Waals surface area (Å²) < 4.78 is 0. The van der Waals surface area contributed by atoms with Crippen molar-refractivity contribution in [1.29, 1.82) is 0 Å². The summed E-state index contributed by atoms with van der Waals surface area (Å²) in [6.45, 7) is 5.84. The molecule has 4 nitrogen and oxygen atoms in total. The van der Waals surface area contributed by atoms with Crippen molar-refractivity contribution in [3.05, 3.63) is 44.7 Å². The summed E-state index contributed by atoms with van der Waals surface area (Å²) >= 11 is 0. The summed E-state index contributed by atoms with van der Waals surface area (Å²) in [6, 6.07) is 3.91. The fourth-order valence-corrected chi connectivity index (χ4v) is 2.57. The van der Waals surface area contributed by atoms with E-state index in [-0.39, 0.29) is 11.1 Å². The van der Waals surface area contributed by atoms with Gasteiger partial charge in [-0.05, 0) is 36.5 Å². The van der Waals surface area contributed by atoms with Crippen molar-refractivity contribution in [2.24, 2.45) is 0 Å². The molecule has 4 heteroatoms. The number of aromatic carboxylic acids is 1. The molecule has 0 saturated heterocycles. The molecule has 0 bridgehead atoms. The minimum atomic E-state index is -1.08. The minimum Gasteiger partial charge on any atom is -0.477 e. The van der Waals surface area contributed by atoms with Gasteiger partial charge in [-0.1, -0.05) is 26.8 Å². The third-order valence-corrected chi connectivity index (χ3v) is 3.71. The molecular formula is C16H19NO3. The molecule has 2 aromatic rings. The van der Waals surface area contributed by atoms with Crippen LogP contribution < -0.4 is 5.43 Å². The molecule has 0 saturated carbocycles. The monoisotopic (exact) mass is 273 g/mol. The number of carboxylic acids is 1. The highest BCUT2D eigenvalue weighted by atomic mass is 16.4. The van der Waals surface area contributed by atoms with Crippen LogP contribution in [-0.4, -0.2) is 16.1 Å². The highest BCUT2D eigenvalue weighted by Gasteiger charge is 2.17.